The van der Waals surface area contributed by atoms with E-state index in [-0.39, 0.29) is 15.7 Å². The highest BCUT2D eigenvalue weighted by atomic mass is 35.5. The van der Waals surface area contributed by atoms with Gasteiger partial charge in [0.2, 0.25) is 15.2 Å². The van der Waals surface area contributed by atoms with Crippen LogP contribution in [0.2, 0.25) is 5.02 Å². The molecule has 192 valence electrons. The van der Waals surface area contributed by atoms with Crippen LogP contribution < -0.4 is 10.0 Å². The van der Waals surface area contributed by atoms with Gasteiger partial charge >= 0.3 is 0 Å². The first kappa shape index (κ1) is 26.4. The molecule has 2 N–H and O–H groups in total. The molecular weight excluding hydrogens is 548 g/mol. The number of aromatic nitrogens is 2. The molecule has 1 fully saturated rings. The first-order chi connectivity index (χ1) is 17.0. The molecule has 1 aliphatic rings. The highest BCUT2D eigenvalue weighted by Crippen LogP contribution is 2.27. The van der Waals surface area contributed by atoms with Crippen molar-refractivity contribution in [2.75, 3.05) is 43.3 Å². The molecule has 0 spiro atoms. The van der Waals surface area contributed by atoms with E-state index in [0.717, 1.165) is 0 Å². The van der Waals surface area contributed by atoms with Crippen molar-refractivity contribution in [3.63, 3.8) is 0 Å². The number of benzene rings is 2. The summed E-state index contributed by atoms with van der Waals surface area (Å²) in [5, 5.41) is 10.3. The Labute approximate surface area is 218 Å². The van der Waals surface area contributed by atoms with Crippen molar-refractivity contribution in [1.29, 1.82) is 0 Å². The summed E-state index contributed by atoms with van der Waals surface area (Å²) in [4.78, 5) is 14.4. The lowest BCUT2D eigenvalue weighted by Crippen LogP contribution is -2.47. The van der Waals surface area contributed by atoms with Gasteiger partial charge in [0, 0.05) is 36.8 Å². The van der Waals surface area contributed by atoms with Gasteiger partial charge < -0.3 is 4.90 Å². The second-order valence-electron chi connectivity index (χ2n) is 8.13. The fourth-order valence-corrected chi connectivity index (χ4v) is 7.19. The Morgan fingerprint density at radius 1 is 1.00 bits per heavy atom. The number of halogens is 1. The summed E-state index contributed by atoms with van der Waals surface area (Å²) in [7, 11) is -6.08. The van der Waals surface area contributed by atoms with Crippen LogP contribution in [0.4, 0.5) is 10.8 Å². The number of sulfonamides is 2. The van der Waals surface area contributed by atoms with Crippen LogP contribution in [0.15, 0.2) is 51.7 Å². The molecule has 1 amide bonds. The normalized spacial score (nSPS) is 15.5. The number of piperazine rings is 1. The van der Waals surface area contributed by atoms with Crippen molar-refractivity contribution in [1.82, 2.24) is 19.4 Å². The van der Waals surface area contributed by atoms with Gasteiger partial charge in [-0.3, -0.25) is 14.8 Å². The maximum absolute atomic E-state index is 13.2. The molecule has 36 heavy (non-hydrogen) atoms. The van der Waals surface area contributed by atoms with Crippen molar-refractivity contribution in [2.45, 2.75) is 16.2 Å². The number of likely N-dealkylation sites (N-methyl/N-ethyl adjacent to an activating group) is 1. The maximum atomic E-state index is 13.2. The Balaban J connectivity index is 1.51. The zero-order valence-corrected chi connectivity index (χ0v) is 22.5. The van der Waals surface area contributed by atoms with E-state index in [1.165, 1.54) is 28.6 Å². The van der Waals surface area contributed by atoms with Crippen molar-refractivity contribution in [2.24, 2.45) is 0 Å². The minimum atomic E-state index is -4.19. The van der Waals surface area contributed by atoms with Crippen LogP contribution in [-0.2, 0) is 20.0 Å². The third kappa shape index (κ3) is 5.85. The Hall–Kier alpha value is -2.62. The highest BCUT2D eigenvalue weighted by molar-refractivity contribution is 7.94. The number of aryl methyl sites for hydroxylation is 1. The number of hydrogen-bond donors (Lipinski definition) is 2. The van der Waals surface area contributed by atoms with Gasteiger partial charge in [-0.05, 0) is 55.9 Å². The number of anilines is 2. The molecule has 0 unspecified atom stereocenters. The van der Waals surface area contributed by atoms with E-state index in [9.17, 15) is 21.6 Å². The Bertz CT molecular complexity index is 1480. The predicted octanol–water partition coefficient (Wildman–Crippen LogP) is 2.49. The third-order valence-electron chi connectivity index (χ3n) is 5.48. The van der Waals surface area contributed by atoms with E-state index < -0.39 is 30.3 Å². The minimum absolute atomic E-state index is 0.0161. The van der Waals surface area contributed by atoms with Crippen LogP contribution in [0.1, 0.15) is 15.9 Å². The van der Waals surface area contributed by atoms with Gasteiger partial charge in [-0.1, -0.05) is 29.0 Å². The average molecular weight is 571 g/mol. The summed E-state index contributed by atoms with van der Waals surface area (Å²) in [6.45, 7) is 3.58. The molecule has 11 nitrogen and oxygen atoms in total. The molecule has 0 radical (unpaired) electrons. The van der Waals surface area contributed by atoms with Crippen molar-refractivity contribution >= 4 is 59.7 Å². The maximum Gasteiger partial charge on any atom is 0.291 e. The summed E-state index contributed by atoms with van der Waals surface area (Å²) in [5.41, 5.74) is 0.876. The van der Waals surface area contributed by atoms with Gasteiger partial charge in [-0.25, -0.2) is 8.42 Å². The molecule has 4 rings (SSSR count). The third-order valence-corrected chi connectivity index (χ3v) is 10.4. The van der Waals surface area contributed by atoms with Crippen LogP contribution in [-0.4, -0.2) is 75.4 Å². The fraction of sp³-hybridized carbons (Fsp3) is 0.286. The van der Waals surface area contributed by atoms with Gasteiger partial charge in [0.05, 0.1) is 10.6 Å². The quantitative estimate of drug-likeness (QED) is 0.413. The van der Waals surface area contributed by atoms with Crippen LogP contribution >= 0.6 is 22.9 Å². The molecule has 0 aliphatic carbocycles. The predicted molar refractivity (Wildman–Crippen MR) is 138 cm³/mol. The van der Waals surface area contributed by atoms with Crippen molar-refractivity contribution in [3.8, 4) is 0 Å². The van der Waals surface area contributed by atoms with Crippen molar-refractivity contribution in [3.05, 3.63) is 58.6 Å². The van der Waals surface area contributed by atoms with Crippen molar-refractivity contribution < 1.29 is 21.6 Å². The summed E-state index contributed by atoms with van der Waals surface area (Å²) in [6, 6.07) is 10.4. The number of hydrogen-bond acceptors (Lipinski definition) is 9. The second kappa shape index (κ2) is 10.4. The van der Waals surface area contributed by atoms with E-state index in [1.807, 2.05) is 11.9 Å². The standard InChI is InChI=1S/C21H23ClN6O5S3/c1-14-3-8-17(13-18(14)36(32,33)28-11-9-27(2)10-12-28)26-35(30,31)21-25-24-20(34-21)23-19(29)15-4-6-16(22)7-5-15/h3-8,13,26H,9-12H2,1-2H3,(H,23,24,29). The van der Waals surface area contributed by atoms with Crippen LogP contribution in [0.3, 0.4) is 0 Å². The zero-order chi connectivity index (χ0) is 26.1. The largest absolute Gasteiger partial charge is 0.304 e. The van der Waals surface area contributed by atoms with Crippen LogP contribution in [0.25, 0.3) is 0 Å². The van der Waals surface area contributed by atoms with Gasteiger partial charge in [0.25, 0.3) is 20.3 Å². The number of amides is 1. The van der Waals surface area contributed by atoms with Gasteiger partial charge in [-0.2, -0.15) is 12.7 Å². The van der Waals surface area contributed by atoms with E-state index in [4.69, 9.17) is 11.6 Å². The van der Waals surface area contributed by atoms with E-state index in [0.29, 0.717) is 53.7 Å². The first-order valence-corrected chi connectivity index (χ1v) is 14.8. The first-order valence-electron chi connectivity index (χ1n) is 10.7. The molecule has 2 aromatic carbocycles. The summed E-state index contributed by atoms with van der Waals surface area (Å²) in [6.07, 6.45) is 0. The summed E-state index contributed by atoms with van der Waals surface area (Å²) >= 11 is 6.48. The van der Waals surface area contributed by atoms with Gasteiger partial charge in [0.1, 0.15) is 0 Å². The van der Waals surface area contributed by atoms with Crippen LogP contribution in [0.5, 0.6) is 0 Å². The molecule has 1 aromatic heterocycles. The highest BCUT2D eigenvalue weighted by Gasteiger charge is 2.29. The lowest BCUT2D eigenvalue weighted by molar-refractivity contribution is 0.102. The SMILES string of the molecule is Cc1ccc(NS(=O)(=O)c2nnc(NC(=O)c3ccc(Cl)cc3)s2)cc1S(=O)(=O)N1CCN(C)CC1. The number of carbonyl (C=O) groups excluding carboxylic acids is 1. The van der Waals surface area contributed by atoms with E-state index in [2.05, 4.69) is 20.2 Å². The van der Waals surface area contributed by atoms with Crippen LogP contribution in [0, 0.1) is 6.92 Å². The van der Waals surface area contributed by atoms with Gasteiger partial charge in [0.15, 0.2) is 0 Å². The monoisotopic (exact) mass is 570 g/mol. The number of nitrogens with zero attached hydrogens (tertiary/aromatic N) is 4. The fourth-order valence-electron chi connectivity index (χ4n) is 3.45. The molecule has 0 bridgehead atoms. The molecule has 0 saturated carbocycles. The minimum Gasteiger partial charge on any atom is -0.304 e. The Morgan fingerprint density at radius 3 is 2.33 bits per heavy atom. The Morgan fingerprint density at radius 2 is 1.67 bits per heavy atom. The van der Waals surface area contributed by atoms with E-state index >= 15 is 0 Å². The van der Waals surface area contributed by atoms with E-state index in [1.54, 1.807) is 25.1 Å². The lowest BCUT2D eigenvalue weighted by Gasteiger charge is -2.32. The number of nitrogens with one attached hydrogen (secondary N) is 2. The molecule has 2 heterocycles. The lowest BCUT2D eigenvalue weighted by atomic mass is 10.2. The Kier molecular flexibility index (Phi) is 7.64. The molecule has 0 atom stereocenters. The molecule has 15 heteroatoms. The topological polar surface area (TPSA) is 142 Å². The molecule has 1 aliphatic heterocycles. The molecular formula is C21H23ClN6O5S3. The smallest absolute Gasteiger partial charge is 0.291 e. The molecule has 3 aromatic rings. The number of rotatable bonds is 7. The summed E-state index contributed by atoms with van der Waals surface area (Å²) in [5.74, 6) is -0.503. The molecule has 1 saturated heterocycles. The summed E-state index contributed by atoms with van der Waals surface area (Å²) < 4.78 is 55.6. The van der Waals surface area contributed by atoms with Gasteiger partial charge in [-0.15, -0.1) is 10.2 Å². The zero-order valence-electron chi connectivity index (χ0n) is 19.3. The average Bonchev–Trinajstić information content (AvgIpc) is 3.30. The number of carbonyl (C=O) groups is 1. The second-order valence-corrected chi connectivity index (χ2v) is 13.3.